The SMILES string of the molecule is O=[N+]([O-])c1cn2c(n1)OC(COCc1ccccc1)CC2. The van der Waals surface area contributed by atoms with E-state index in [9.17, 15) is 10.1 Å². The van der Waals surface area contributed by atoms with Crippen LogP contribution in [0.2, 0.25) is 0 Å². The summed E-state index contributed by atoms with van der Waals surface area (Å²) in [6.07, 6.45) is 2.02. The molecule has 0 spiro atoms. The van der Waals surface area contributed by atoms with Crippen LogP contribution in [-0.2, 0) is 17.9 Å². The lowest BCUT2D eigenvalue weighted by molar-refractivity contribution is -0.389. The van der Waals surface area contributed by atoms with Crippen molar-refractivity contribution in [2.45, 2.75) is 25.7 Å². The van der Waals surface area contributed by atoms with Gasteiger partial charge in [-0.3, -0.25) is 4.57 Å². The zero-order valence-corrected chi connectivity index (χ0v) is 11.3. The molecule has 1 aliphatic rings. The van der Waals surface area contributed by atoms with Crippen molar-refractivity contribution < 1.29 is 14.4 Å². The minimum atomic E-state index is -0.518. The molecule has 7 heteroatoms. The van der Waals surface area contributed by atoms with E-state index in [-0.39, 0.29) is 11.9 Å². The number of nitrogens with zero attached hydrogens (tertiary/aromatic N) is 3. The molecule has 21 heavy (non-hydrogen) atoms. The molecule has 0 amide bonds. The second-order valence-corrected chi connectivity index (χ2v) is 4.86. The molecule has 3 rings (SSSR count). The second-order valence-electron chi connectivity index (χ2n) is 4.86. The van der Waals surface area contributed by atoms with Gasteiger partial charge in [-0.25, -0.2) is 0 Å². The molecule has 1 aromatic heterocycles. The first kappa shape index (κ1) is 13.6. The van der Waals surface area contributed by atoms with Crippen molar-refractivity contribution in [3.05, 3.63) is 52.2 Å². The maximum absolute atomic E-state index is 10.7. The number of ether oxygens (including phenoxy) is 2. The predicted molar refractivity (Wildman–Crippen MR) is 74.0 cm³/mol. The Labute approximate surface area is 121 Å². The second kappa shape index (κ2) is 5.92. The van der Waals surface area contributed by atoms with Gasteiger partial charge < -0.3 is 19.6 Å². The Morgan fingerprint density at radius 1 is 1.43 bits per heavy atom. The molecule has 0 saturated carbocycles. The first-order chi connectivity index (χ1) is 10.2. The van der Waals surface area contributed by atoms with E-state index in [1.165, 1.54) is 6.20 Å². The summed E-state index contributed by atoms with van der Waals surface area (Å²) in [5, 5.41) is 10.7. The summed E-state index contributed by atoms with van der Waals surface area (Å²) in [7, 11) is 0. The number of nitro groups is 1. The number of imidazole rings is 1. The molecule has 0 radical (unpaired) electrons. The summed E-state index contributed by atoms with van der Waals surface area (Å²) >= 11 is 0. The highest BCUT2D eigenvalue weighted by Crippen LogP contribution is 2.24. The highest BCUT2D eigenvalue weighted by atomic mass is 16.6. The average Bonchev–Trinajstić information content (AvgIpc) is 2.92. The van der Waals surface area contributed by atoms with Crippen LogP contribution >= 0.6 is 0 Å². The minimum absolute atomic E-state index is 0.122. The Morgan fingerprint density at radius 3 is 3.00 bits per heavy atom. The Morgan fingerprint density at radius 2 is 2.24 bits per heavy atom. The van der Waals surface area contributed by atoms with Gasteiger partial charge in [-0.1, -0.05) is 30.3 Å². The van der Waals surface area contributed by atoms with Crippen molar-refractivity contribution in [2.75, 3.05) is 6.61 Å². The molecule has 0 fully saturated rings. The molecule has 1 atom stereocenters. The van der Waals surface area contributed by atoms with Crippen LogP contribution in [0.1, 0.15) is 12.0 Å². The molecular weight excluding hydrogens is 274 g/mol. The van der Waals surface area contributed by atoms with Crippen molar-refractivity contribution >= 4 is 5.82 Å². The number of aryl methyl sites for hydroxylation is 1. The van der Waals surface area contributed by atoms with E-state index in [2.05, 4.69) is 4.98 Å². The van der Waals surface area contributed by atoms with E-state index < -0.39 is 4.92 Å². The molecule has 1 aromatic carbocycles. The fourth-order valence-electron chi connectivity index (χ4n) is 2.22. The van der Waals surface area contributed by atoms with E-state index in [1.807, 2.05) is 30.3 Å². The van der Waals surface area contributed by atoms with Crippen molar-refractivity contribution in [3.63, 3.8) is 0 Å². The van der Waals surface area contributed by atoms with Gasteiger partial charge in [0.25, 0.3) is 0 Å². The van der Waals surface area contributed by atoms with E-state index >= 15 is 0 Å². The molecule has 1 aliphatic heterocycles. The molecule has 0 bridgehead atoms. The Balaban J connectivity index is 1.53. The summed E-state index contributed by atoms with van der Waals surface area (Å²) in [5.74, 6) is -0.184. The number of benzene rings is 1. The first-order valence-corrected chi connectivity index (χ1v) is 6.72. The molecule has 2 heterocycles. The maximum atomic E-state index is 10.7. The van der Waals surface area contributed by atoms with Gasteiger partial charge in [-0.05, 0) is 10.5 Å². The van der Waals surface area contributed by atoms with E-state index in [0.29, 0.717) is 25.8 Å². The van der Waals surface area contributed by atoms with Crippen LogP contribution in [-0.4, -0.2) is 27.2 Å². The Kier molecular flexibility index (Phi) is 3.83. The van der Waals surface area contributed by atoms with Crippen molar-refractivity contribution in [1.82, 2.24) is 9.55 Å². The average molecular weight is 289 g/mol. The van der Waals surface area contributed by atoms with Crippen LogP contribution < -0.4 is 4.74 Å². The monoisotopic (exact) mass is 289 g/mol. The van der Waals surface area contributed by atoms with E-state index in [4.69, 9.17) is 9.47 Å². The minimum Gasteiger partial charge on any atom is -0.440 e. The lowest BCUT2D eigenvalue weighted by Crippen LogP contribution is -2.30. The van der Waals surface area contributed by atoms with Crippen molar-refractivity contribution in [3.8, 4) is 6.01 Å². The predicted octanol–water partition coefficient (Wildman–Crippen LogP) is 2.16. The quantitative estimate of drug-likeness (QED) is 0.622. The summed E-state index contributed by atoms with van der Waals surface area (Å²) in [4.78, 5) is 14.0. The number of fused-ring (bicyclic) bond motifs is 1. The topological polar surface area (TPSA) is 79.4 Å². The van der Waals surface area contributed by atoms with Gasteiger partial charge in [-0.15, -0.1) is 0 Å². The smallest absolute Gasteiger partial charge is 0.414 e. The Hall–Kier alpha value is -2.41. The first-order valence-electron chi connectivity index (χ1n) is 6.72. The number of hydrogen-bond donors (Lipinski definition) is 0. The number of rotatable bonds is 5. The summed E-state index contributed by atoms with van der Waals surface area (Å²) in [5.41, 5.74) is 1.10. The fourth-order valence-corrected chi connectivity index (χ4v) is 2.22. The van der Waals surface area contributed by atoms with E-state index in [0.717, 1.165) is 12.0 Å². The van der Waals surface area contributed by atoms with Gasteiger partial charge in [0.15, 0.2) is 0 Å². The molecule has 1 unspecified atom stereocenters. The van der Waals surface area contributed by atoms with Gasteiger partial charge in [0.1, 0.15) is 12.3 Å². The molecule has 110 valence electrons. The van der Waals surface area contributed by atoms with Crippen LogP contribution in [0.5, 0.6) is 6.01 Å². The van der Waals surface area contributed by atoms with Crippen LogP contribution in [0.15, 0.2) is 36.5 Å². The molecule has 0 N–H and O–H groups in total. The Bertz CT molecular complexity index is 626. The zero-order valence-electron chi connectivity index (χ0n) is 11.3. The zero-order chi connectivity index (χ0) is 14.7. The van der Waals surface area contributed by atoms with Gasteiger partial charge in [0, 0.05) is 17.9 Å². The van der Waals surface area contributed by atoms with Crippen molar-refractivity contribution in [1.29, 1.82) is 0 Å². The third kappa shape index (κ3) is 3.19. The van der Waals surface area contributed by atoms with Crippen LogP contribution in [0, 0.1) is 10.1 Å². The van der Waals surface area contributed by atoms with E-state index in [1.54, 1.807) is 4.57 Å². The third-order valence-electron chi connectivity index (χ3n) is 3.29. The summed E-state index contributed by atoms with van der Waals surface area (Å²) in [6.45, 7) is 1.61. The van der Waals surface area contributed by atoms with Crippen LogP contribution in [0.4, 0.5) is 5.82 Å². The largest absolute Gasteiger partial charge is 0.440 e. The van der Waals surface area contributed by atoms with Gasteiger partial charge >= 0.3 is 11.8 Å². The van der Waals surface area contributed by atoms with Gasteiger partial charge in [0.05, 0.1) is 13.2 Å². The highest BCUT2D eigenvalue weighted by Gasteiger charge is 2.28. The number of aromatic nitrogens is 2. The van der Waals surface area contributed by atoms with Gasteiger partial charge in [0.2, 0.25) is 0 Å². The fraction of sp³-hybridized carbons (Fsp3) is 0.357. The molecule has 0 aliphatic carbocycles. The van der Waals surface area contributed by atoms with Gasteiger partial charge in [-0.2, -0.15) is 0 Å². The molecular formula is C14H15N3O4. The standard InChI is InChI=1S/C14H15N3O4/c18-17(19)13-8-16-7-6-12(21-14(16)15-13)10-20-9-11-4-2-1-3-5-11/h1-5,8,12H,6-7,9-10H2. The van der Waals surface area contributed by atoms with Crippen LogP contribution in [0.3, 0.4) is 0 Å². The maximum Gasteiger partial charge on any atom is 0.414 e. The lowest BCUT2D eigenvalue weighted by Gasteiger charge is -2.21. The molecule has 2 aromatic rings. The summed E-state index contributed by atoms with van der Waals surface area (Å²) in [6, 6.07) is 10.2. The highest BCUT2D eigenvalue weighted by molar-refractivity contribution is 5.21. The van der Waals surface area contributed by atoms with Crippen LogP contribution in [0.25, 0.3) is 0 Å². The molecule has 7 nitrogen and oxygen atoms in total. The summed E-state index contributed by atoms with van der Waals surface area (Å²) < 4.78 is 12.9. The van der Waals surface area contributed by atoms with Crippen molar-refractivity contribution in [2.24, 2.45) is 0 Å². The molecule has 0 saturated heterocycles. The number of hydrogen-bond acceptors (Lipinski definition) is 5. The third-order valence-corrected chi connectivity index (χ3v) is 3.29. The lowest BCUT2D eigenvalue weighted by atomic mass is 10.2. The normalized spacial score (nSPS) is 17.0.